The highest BCUT2D eigenvalue weighted by atomic mass is 127. The molecule has 0 bridgehead atoms. The summed E-state index contributed by atoms with van der Waals surface area (Å²) in [6.07, 6.45) is 6.17. The molecule has 1 aromatic rings. The summed E-state index contributed by atoms with van der Waals surface area (Å²) in [7, 11) is 0. The van der Waals surface area contributed by atoms with E-state index in [1.807, 2.05) is 0 Å². The fraction of sp³-hybridized carbons (Fsp3) is 0.615. The molecule has 1 fully saturated rings. The zero-order chi connectivity index (χ0) is 11.9. The van der Waals surface area contributed by atoms with Crippen molar-refractivity contribution in [1.29, 1.82) is 0 Å². The molecule has 2 rings (SSSR count). The molecule has 0 amide bonds. The van der Waals surface area contributed by atoms with Crippen LogP contribution in [-0.4, -0.2) is 30.5 Å². The van der Waals surface area contributed by atoms with Crippen LogP contribution < -0.4 is 5.73 Å². The number of thiophene rings is 1. The Hall–Kier alpha value is -0.300. The Morgan fingerprint density at radius 2 is 2.00 bits per heavy atom. The number of guanidine groups is 1. The largest absolute Gasteiger partial charge is 0.370 e. The summed E-state index contributed by atoms with van der Waals surface area (Å²) >= 11 is 1.79. The maximum atomic E-state index is 6.04. The molecule has 1 aliphatic rings. The second-order valence-electron chi connectivity index (χ2n) is 4.47. The maximum Gasteiger partial charge on any atom is 0.191 e. The summed E-state index contributed by atoms with van der Waals surface area (Å²) < 4.78 is 0. The van der Waals surface area contributed by atoms with E-state index in [2.05, 4.69) is 27.4 Å². The number of rotatable bonds is 3. The van der Waals surface area contributed by atoms with Crippen LogP contribution in [0.2, 0.25) is 0 Å². The van der Waals surface area contributed by atoms with Crippen molar-refractivity contribution in [2.75, 3.05) is 19.6 Å². The topological polar surface area (TPSA) is 41.6 Å². The lowest BCUT2D eigenvalue weighted by molar-refractivity contribution is 0.428. The van der Waals surface area contributed by atoms with Crippen LogP contribution in [0, 0.1) is 0 Å². The zero-order valence-electron chi connectivity index (χ0n) is 10.7. The number of nitrogens with zero attached hydrogens (tertiary/aromatic N) is 2. The number of hydrogen-bond donors (Lipinski definition) is 1. The van der Waals surface area contributed by atoms with Crippen molar-refractivity contribution in [1.82, 2.24) is 4.90 Å². The van der Waals surface area contributed by atoms with Crippen LogP contribution in [0.5, 0.6) is 0 Å². The lowest BCUT2D eigenvalue weighted by Crippen LogP contribution is -2.38. The molecule has 2 heterocycles. The van der Waals surface area contributed by atoms with E-state index >= 15 is 0 Å². The second-order valence-corrected chi connectivity index (χ2v) is 5.50. The molecule has 0 aromatic carbocycles. The Bertz CT molecular complexity index is 343. The van der Waals surface area contributed by atoms with Gasteiger partial charge >= 0.3 is 0 Å². The normalized spacial score (nSPS) is 17.1. The van der Waals surface area contributed by atoms with Crippen LogP contribution in [0.25, 0.3) is 0 Å². The van der Waals surface area contributed by atoms with E-state index in [1.165, 1.54) is 30.6 Å². The van der Waals surface area contributed by atoms with Crippen molar-refractivity contribution in [3.8, 4) is 0 Å². The predicted octanol–water partition coefficient (Wildman–Crippen LogP) is 3.10. The van der Waals surface area contributed by atoms with Gasteiger partial charge in [0.05, 0.1) is 0 Å². The van der Waals surface area contributed by atoms with E-state index in [-0.39, 0.29) is 24.0 Å². The quantitative estimate of drug-likeness (QED) is 0.498. The van der Waals surface area contributed by atoms with E-state index < -0.39 is 0 Å². The summed E-state index contributed by atoms with van der Waals surface area (Å²) in [5.41, 5.74) is 6.04. The Labute approximate surface area is 130 Å². The van der Waals surface area contributed by atoms with Gasteiger partial charge in [0.15, 0.2) is 5.96 Å². The Kier molecular flexibility index (Phi) is 7.65. The van der Waals surface area contributed by atoms with Crippen molar-refractivity contribution < 1.29 is 0 Å². The van der Waals surface area contributed by atoms with E-state index in [9.17, 15) is 0 Å². The van der Waals surface area contributed by atoms with Crippen molar-refractivity contribution in [2.45, 2.75) is 32.1 Å². The average molecular weight is 379 g/mol. The Morgan fingerprint density at radius 3 is 2.61 bits per heavy atom. The first kappa shape index (κ1) is 15.8. The Morgan fingerprint density at radius 1 is 1.28 bits per heavy atom. The molecule has 18 heavy (non-hydrogen) atoms. The molecule has 3 nitrogen and oxygen atoms in total. The van der Waals surface area contributed by atoms with Gasteiger partial charge < -0.3 is 10.6 Å². The molecule has 5 heteroatoms. The van der Waals surface area contributed by atoms with E-state index in [4.69, 9.17) is 5.73 Å². The predicted molar refractivity (Wildman–Crippen MR) is 90.0 cm³/mol. The third-order valence-corrected chi connectivity index (χ3v) is 4.08. The summed E-state index contributed by atoms with van der Waals surface area (Å²) in [6.45, 7) is 2.96. The highest BCUT2D eigenvalue weighted by Gasteiger charge is 2.10. The molecule has 0 atom stereocenters. The van der Waals surface area contributed by atoms with Crippen molar-refractivity contribution >= 4 is 41.3 Å². The van der Waals surface area contributed by atoms with Gasteiger partial charge in [-0.3, -0.25) is 4.99 Å². The van der Waals surface area contributed by atoms with Gasteiger partial charge in [-0.05, 0) is 24.3 Å². The first-order valence-corrected chi connectivity index (χ1v) is 7.31. The average Bonchev–Trinajstić information content (AvgIpc) is 2.69. The second kappa shape index (κ2) is 8.74. The molecule has 0 saturated carbocycles. The molecule has 1 aromatic heterocycles. The smallest absolute Gasteiger partial charge is 0.191 e. The lowest BCUT2D eigenvalue weighted by Gasteiger charge is -2.20. The van der Waals surface area contributed by atoms with Gasteiger partial charge in [-0.2, -0.15) is 0 Å². The van der Waals surface area contributed by atoms with Gasteiger partial charge in [-0.1, -0.05) is 18.9 Å². The van der Waals surface area contributed by atoms with Gasteiger partial charge in [0.2, 0.25) is 0 Å². The molecule has 0 unspecified atom stereocenters. The number of aliphatic imine (C=N–C) groups is 1. The summed E-state index contributed by atoms with van der Waals surface area (Å²) in [6, 6.07) is 4.24. The van der Waals surface area contributed by atoms with Crippen molar-refractivity contribution in [3.63, 3.8) is 0 Å². The lowest BCUT2D eigenvalue weighted by atomic mass is 10.2. The Balaban J connectivity index is 0.00000162. The SMILES string of the molecule is I.NC(=NCCc1cccs1)N1CCCCCC1. The molecular formula is C13H22IN3S. The van der Waals surface area contributed by atoms with E-state index in [0.29, 0.717) is 0 Å². The summed E-state index contributed by atoms with van der Waals surface area (Å²) in [5.74, 6) is 0.739. The molecule has 0 aliphatic carbocycles. The van der Waals surface area contributed by atoms with Gasteiger partial charge in [-0.25, -0.2) is 0 Å². The number of nitrogens with two attached hydrogens (primary N) is 1. The zero-order valence-corrected chi connectivity index (χ0v) is 13.8. The minimum absolute atomic E-state index is 0. The molecule has 2 N–H and O–H groups in total. The van der Waals surface area contributed by atoms with Crippen LogP contribution in [0.15, 0.2) is 22.5 Å². The molecule has 1 saturated heterocycles. The van der Waals surface area contributed by atoms with Gasteiger partial charge in [-0.15, -0.1) is 35.3 Å². The van der Waals surface area contributed by atoms with Crippen LogP contribution >= 0.6 is 35.3 Å². The van der Waals surface area contributed by atoms with Gasteiger partial charge in [0, 0.05) is 30.9 Å². The number of hydrogen-bond acceptors (Lipinski definition) is 2. The first-order valence-electron chi connectivity index (χ1n) is 6.43. The number of likely N-dealkylation sites (tertiary alicyclic amines) is 1. The standard InChI is InChI=1S/C13H21N3S.HI/c14-13(16-9-3-1-2-4-10-16)15-8-7-12-6-5-11-17-12;/h5-6,11H,1-4,7-10H2,(H2,14,15);1H. The van der Waals surface area contributed by atoms with Gasteiger partial charge in [0.25, 0.3) is 0 Å². The highest BCUT2D eigenvalue weighted by molar-refractivity contribution is 14.0. The van der Waals surface area contributed by atoms with Crippen molar-refractivity contribution in [3.05, 3.63) is 22.4 Å². The van der Waals surface area contributed by atoms with Crippen LogP contribution in [0.4, 0.5) is 0 Å². The third kappa shape index (κ3) is 5.14. The van der Waals surface area contributed by atoms with Crippen molar-refractivity contribution in [2.24, 2.45) is 10.7 Å². The van der Waals surface area contributed by atoms with E-state index in [0.717, 1.165) is 32.0 Å². The van der Waals surface area contributed by atoms with E-state index in [1.54, 1.807) is 11.3 Å². The molecule has 1 aliphatic heterocycles. The third-order valence-electron chi connectivity index (χ3n) is 3.14. The molecule has 102 valence electrons. The maximum absolute atomic E-state index is 6.04. The van der Waals surface area contributed by atoms with Gasteiger partial charge in [0.1, 0.15) is 0 Å². The minimum atomic E-state index is 0. The summed E-state index contributed by atoms with van der Waals surface area (Å²) in [4.78, 5) is 8.12. The first-order chi connectivity index (χ1) is 8.36. The molecule has 0 radical (unpaired) electrons. The van der Waals surface area contributed by atoms with Crippen LogP contribution in [0.1, 0.15) is 30.6 Å². The van der Waals surface area contributed by atoms with Crippen LogP contribution in [-0.2, 0) is 6.42 Å². The monoisotopic (exact) mass is 379 g/mol. The fourth-order valence-corrected chi connectivity index (χ4v) is 2.83. The molecule has 0 spiro atoms. The highest BCUT2D eigenvalue weighted by Crippen LogP contribution is 2.10. The number of halogens is 1. The fourth-order valence-electron chi connectivity index (χ4n) is 2.14. The summed E-state index contributed by atoms with van der Waals surface area (Å²) in [5, 5.41) is 2.11. The van der Waals surface area contributed by atoms with Crippen LogP contribution in [0.3, 0.4) is 0 Å². The molecular weight excluding hydrogens is 357 g/mol. The minimum Gasteiger partial charge on any atom is -0.370 e.